The maximum atomic E-state index is 12.1. The highest BCUT2D eigenvalue weighted by atomic mass is 35.5. The number of amides is 1. The zero-order chi connectivity index (χ0) is 17.6. The summed E-state index contributed by atoms with van der Waals surface area (Å²) in [6.07, 6.45) is -0.682. The molecule has 128 valence electrons. The second-order valence-electron chi connectivity index (χ2n) is 5.32. The highest BCUT2D eigenvalue weighted by Crippen LogP contribution is 2.18. The van der Waals surface area contributed by atoms with Crippen molar-refractivity contribution in [1.29, 1.82) is 0 Å². The number of hydrogen-bond donors (Lipinski definition) is 1. The van der Waals surface area contributed by atoms with Gasteiger partial charge in [-0.3, -0.25) is 4.79 Å². The van der Waals surface area contributed by atoms with Gasteiger partial charge in [0, 0.05) is 10.6 Å². The van der Waals surface area contributed by atoms with Crippen LogP contribution in [-0.4, -0.2) is 22.2 Å². The molecule has 0 saturated heterocycles. The van der Waals surface area contributed by atoms with Crippen molar-refractivity contribution in [3.63, 3.8) is 0 Å². The quantitative estimate of drug-likeness (QED) is 0.730. The molecule has 6 nitrogen and oxygen atoms in total. The van der Waals surface area contributed by atoms with E-state index in [4.69, 9.17) is 20.9 Å². The maximum Gasteiger partial charge on any atom is 0.261 e. The Morgan fingerprint density at radius 2 is 2.04 bits per heavy atom. The molecule has 0 unspecified atom stereocenters. The highest BCUT2D eigenvalue weighted by Gasteiger charge is 2.16. The predicted octanol–water partition coefficient (Wildman–Crippen LogP) is 3.47. The van der Waals surface area contributed by atoms with Crippen LogP contribution < -0.4 is 10.1 Å². The van der Waals surface area contributed by atoms with Gasteiger partial charge in [-0.2, -0.15) is 4.98 Å². The number of benzene rings is 2. The first-order valence-electron chi connectivity index (χ1n) is 7.70. The number of halogens is 1. The van der Waals surface area contributed by atoms with Crippen LogP contribution in [-0.2, 0) is 11.3 Å². The van der Waals surface area contributed by atoms with Crippen LogP contribution in [0.15, 0.2) is 59.1 Å². The molecule has 0 aliphatic rings. The minimum atomic E-state index is -0.682. The summed E-state index contributed by atoms with van der Waals surface area (Å²) >= 11 is 5.89. The van der Waals surface area contributed by atoms with E-state index in [1.165, 1.54) is 0 Å². The van der Waals surface area contributed by atoms with Crippen molar-refractivity contribution >= 4 is 17.5 Å². The number of hydrogen-bond acceptors (Lipinski definition) is 5. The van der Waals surface area contributed by atoms with Crippen molar-refractivity contribution in [3.8, 4) is 17.2 Å². The maximum absolute atomic E-state index is 12.1. The van der Waals surface area contributed by atoms with E-state index in [-0.39, 0.29) is 12.5 Å². The van der Waals surface area contributed by atoms with Crippen LogP contribution in [0.2, 0.25) is 5.02 Å². The van der Waals surface area contributed by atoms with Crippen molar-refractivity contribution < 1.29 is 14.1 Å². The molecule has 1 heterocycles. The van der Waals surface area contributed by atoms with E-state index < -0.39 is 6.10 Å². The first kappa shape index (κ1) is 17.0. The molecule has 2 aromatic carbocycles. The Labute approximate surface area is 149 Å². The van der Waals surface area contributed by atoms with Gasteiger partial charge in [0.25, 0.3) is 11.8 Å². The fraction of sp³-hybridized carbons (Fsp3) is 0.167. The smallest absolute Gasteiger partial charge is 0.261 e. The summed E-state index contributed by atoms with van der Waals surface area (Å²) in [4.78, 5) is 16.4. The number of nitrogens with one attached hydrogen (secondary N) is 1. The van der Waals surface area contributed by atoms with Crippen LogP contribution in [0.3, 0.4) is 0 Å². The average molecular weight is 358 g/mol. The Bertz CT molecular complexity index is 852. The van der Waals surface area contributed by atoms with Crippen molar-refractivity contribution in [3.05, 3.63) is 65.4 Å². The largest absolute Gasteiger partial charge is 0.481 e. The number of ether oxygens (including phenoxy) is 1. The summed E-state index contributed by atoms with van der Waals surface area (Å²) in [6, 6.07) is 16.3. The summed E-state index contributed by atoms with van der Waals surface area (Å²) in [5.74, 6) is 1.04. The van der Waals surface area contributed by atoms with E-state index in [9.17, 15) is 4.79 Å². The van der Waals surface area contributed by atoms with Gasteiger partial charge < -0.3 is 14.6 Å². The molecule has 3 rings (SSSR count). The van der Waals surface area contributed by atoms with Gasteiger partial charge in [0.1, 0.15) is 5.75 Å². The number of carbonyl (C=O) groups is 1. The first-order valence-corrected chi connectivity index (χ1v) is 8.07. The predicted molar refractivity (Wildman–Crippen MR) is 93.1 cm³/mol. The summed E-state index contributed by atoms with van der Waals surface area (Å²) in [7, 11) is 0. The standard InChI is InChI=1S/C18H16ClN3O3/c1-12(24-15-9-5-8-14(19)10-15)17(23)20-11-16-21-18(25-22-16)13-6-3-2-4-7-13/h2-10,12H,11H2,1H3,(H,20,23)/t12-/m0/s1. The number of carbonyl (C=O) groups excluding carboxylic acids is 1. The lowest BCUT2D eigenvalue weighted by molar-refractivity contribution is -0.127. The molecule has 0 bridgehead atoms. The summed E-state index contributed by atoms with van der Waals surface area (Å²) in [5.41, 5.74) is 0.824. The molecule has 7 heteroatoms. The van der Waals surface area contributed by atoms with E-state index >= 15 is 0 Å². The number of rotatable bonds is 6. The number of aromatic nitrogens is 2. The monoisotopic (exact) mass is 357 g/mol. The van der Waals surface area contributed by atoms with Gasteiger partial charge in [-0.1, -0.05) is 41.0 Å². The van der Waals surface area contributed by atoms with E-state index in [1.807, 2.05) is 30.3 Å². The molecule has 0 radical (unpaired) electrons. The van der Waals surface area contributed by atoms with Crippen molar-refractivity contribution in [2.75, 3.05) is 0 Å². The molecule has 1 N–H and O–H groups in total. The molecule has 1 aromatic heterocycles. The second kappa shape index (κ2) is 7.81. The third-order valence-corrected chi connectivity index (χ3v) is 3.62. The van der Waals surface area contributed by atoms with Crippen LogP contribution in [0.1, 0.15) is 12.7 Å². The van der Waals surface area contributed by atoms with Gasteiger partial charge in [0.15, 0.2) is 11.9 Å². The Kier molecular flexibility index (Phi) is 5.30. The lowest BCUT2D eigenvalue weighted by Gasteiger charge is -2.14. The summed E-state index contributed by atoms with van der Waals surface area (Å²) < 4.78 is 10.8. The fourth-order valence-corrected chi connectivity index (χ4v) is 2.31. The van der Waals surface area contributed by atoms with Gasteiger partial charge in [0.2, 0.25) is 0 Å². The van der Waals surface area contributed by atoms with E-state index in [0.29, 0.717) is 22.5 Å². The zero-order valence-corrected chi connectivity index (χ0v) is 14.2. The van der Waals surface area contributed by atoms with Gasteiger partial charge in [0.05, 0.1) is 6.54 Å². The highest BCUT2D eigenvalue weighted by molar-refractivity contribution is 6.30. The van der Waals surface area contributed by atoms with Gasteiger partial charge in [-0.15, -0.1) is 0 Å². The minimum absolute atomic E-state index is 0.151. The van der Waals surface area contributed by atoms with Crippen LogP contribution in [0.4, 0.5) is 0 Å². The van der Waals surface area contributed by atoms with E-state index in [1.54, 1.807) is 31.2 Å². The van der Waals surface area contributed by atoms with Gasteiger partial charge in [-0.05, 0) is 37.3 Å². The molecule has 0 saturated carbocycles. The lowest BCUT2D eigenvalue weighted by atomic mass is 10.2. The molecule has 1 amide bonds. The average Bonchev–Trinajstić information content (AvgIpc) is 3.09. The zero-order valence-electron chi connectivity index (χ0n) is 13.5. The Morgan fingerprint density at radius 3 is 2.80 bits per heavy atom. The fourth-order valence-electron chi connectivity index (χ4n) is 2.13. The Morgan fingerprint density at radius 1 is 1.24 bits per heavy atom. The molecular weight excluding hydrogens is 342 g/mol. The SMILES string of the molecule is C[C@H](Oc1cccc(Cl)c1)C(=O)NCc1noc(-c2ccccc2)n1. The molecule has 0 aliphatic carbocycles. The Hall–Kier alpha value is -2.86. The minimum Gasteiger partial charge on any atom is -0.481 e. The second-order valence-corrected chi connectivity index (χ2v) is 5.75. The van der Waals surface area contributed by atoms with E-state index in [0.717, 1.165) is 5.56 Å². The molecule has 1 atom stereocenters. The molecule has 0 aliphatic heterocycles. The van der Waals surface area contributed by atoms with Crippen molar-refractivity contribution in [2.45, 2.75) is 19.6 Å². The van der Waals surface area contributed by atoms with Crippen LogP contribution in [0.5, 0.6) is 5.75 Å². The third-order valence-electron chi connectivity index (χ3n) is 3.39. The van der Waals surface area contributed by atoms with Crippen LogP contribution in [0, 0.1) is 0 Å². The van der Waals surface area contributed by atoms with Gasteiger partial charge >= 0.3 is 0 Å². The number of nitrogens with zero attached hydrogens (tertiary/aromatic N) is 2. The molecular formula is C18H16ClN3O3. The normalized spacial score (nSPS) is 11.8. The summed E-state index contributed by atoms with van der Waals surface area (Å²) in [5, 5.41) is 7.12. The van der Waals surface area contributed by atoms with Crippen molar-refractivity contribution in [1.82, 2.24) is 15.5 Å². The van der Waals surface area contributed by atoms with Gasteiger partial charge in [-0.25, -0.2) is 0 Å². The first-order chi connectivity index (χ1) is 12.1. The topological polar surface area (TPSA) is 77.2 Å². The van der Waals surface area contributed by atoms with E-state index in [2.05, 4.69) is 15.5 Å². The molecule has 0 fully saturated rings. The van der Waals surface area contributed by atoms with Crippen molar-refractivity contribution in [2.24, 2.45) is 0 Å². The third kappa shape index (κ3) is 4.58. The molecule has 25 heavy (non-hydrogen) atoms. The molecule has 0 spiro atoms. The lowest BCUT2D eigenvalue weighted by Crippen LogP contribution is -2.36. The summed E-state index contributed by atoms with van der Waals surface area (Å²) in [6.45, 7) is 1.81. The molecule has 3 aromatic rings. The van der Waals surface area contributed by atoms with Crippen LogP contribution in [0.25, 0.3) is 11.5 Å². The Balaban J connectivity index is 1.54. The van der Waals surface area contributed by atoms with Crippen LogP contribution >= 0.6 is 11.6 Å².